The topological polar surface area (TPSA) is 55.2 Å². The zero-order chi connectivity index (χ0) is 13.4. The van der Waals surface area contributed by atoms with Crippen LogP contribution in [0.15, 0.2) is 29.5 Å². The fourth-order valence-electron chi connectivity index (χ4n) is 1.63. The Labute approximate surface area is 113 Å². The molecule has 2 heterocycles. The molecule has 1 amide bonds. The Morgan fingerprint density at radius 3 is 3.00 bits per heavy atom. The third-order valence-corrected chi connectivity index (χ3v) is 3.93. The first-order chi connectivity index (χ1) is 9.15. The van der Waals surface area contributed by atoms with Crippen LogP contribution in [0.5, 0.6) is 0 Å². The largest absolute Gasteiger partial charge is 0.289 e. The molecule has 0 N–H and O–H groups in total. The minimum absolute atomic E-state index is 0.277. The molecule has 0 radical (unpaired) electrons. The summed E-state index contributed by atoms with van der Waals surface area (Å²) in [4.78, 5) is 24.5. The van der Waals surface area contributed by atoms with Crippen molar-refractivity contribution in [1.82, 2.24) is 9.97 Å². The van der Waals surface area contributed by atoms with Crippen LogP contribution in [0.3, 0.4) is 0 Å². The van der Waals surface area contributed by atoms with Crippen LogP contribution >= 0.6 is 11.3 Å². The van der Waals surface area contributed by atoms with Crippen molar-refractivity contribution in [2.45, 2.75) is 19.5 Å². The van der Waals surface area contributed by atoms with Crippen LogP contribution < -0.4 is 0 Å². The molecule has 0 bridgehead atoms. The van der Waals surface area contributed by atoms with Crippen molar-refractivity contribution in [2.24, 2.45) is 4.99 Å². The zero-order valence-corrected chi connectivity index (χ0v) is 10.9. The summed E-state index contributed by atoms with van der Waals surface area (Å²) in [6, 6.07) is 3.69. The molecule has 0 spiro atoms. The molecule has 1 fully saturated rings. The number of nitrogens with zero attached hydrogens (tertiary/aromatic N) is 3. The highest BCUT2D eigenvalue weighted by Gasteiger charge is 2.33. The molecule has 4 nitrogen and oxygen atoms in total. The second kappa shape index (κ2) is 4.62. The first-order valence-corrected chi connectivity index (χ1v) is 6.60. The predicted octanol–water partition coefficient (Wildman–Crippen LogP) is 2.84. The molecular formula is C13H10FN3OS. The van der Waals surface area contributed by atoms with Crippen LogP contribution in [0.4, 0.5) is 4.39 Å². The Morgan fingerprint density at radius 2 is 2.37 bits per heavy atom. The van der Waals surface area contributed by atoms with Gasteiger partial charge in [0.25, 0.3) is 5.91 Å². The molecule has 1 atom stereocenters. The van der Waals surface area contributed by atoms with Gasteiger partial charge in [-0.2, -0.15) is 0 Å². The number of aromatic nitrogens is 2. The molecule has 1 saturated carbocycles. The summed E-state index contributed by atoms with van der Waals surface area (Å²) in [6.45, 7) is 1.75. The van der Waals surface area contributed by atoms with Crippen LogP contribution in [-0.2, 0) is 0 Å². The van der Waals surface area contributed by atoms with Gasteiger partial charge in [-0.3, -0.25) is 9.78 Å². The molecule has 19 heavy (non-hydrogen) atoms. The number of carbonyl (C=O) groups excluding carboxylic acids is 1. The molecule has 2 aromatic heterocycles. The van der Waals surface area contributed by atoms with Gasteiger partial charge >= 0.3 is 0 Å². The maximum atomic E-state index is 12.7. The summed E-state index contributed by atoms with van der Waals surface area (Å²) in [5, 5.41) is 0.724. The van der Waals surface area contributed by atoms with E-state index < -0.39 is 12.1 Å². The molecule has 1 aliphatic rings. The monoisotopic (exact) mass is 275 g/mol. The van der Waals surface area contributed by atoms with Crippen molar-refractivity contribution in [1.29, 1.82) is 0 Å². The van der Waals surface area contributed by atoms with Crippen molar-refractivity contribution in [3.8, 4) is 10.6 Å². The van der Waals surface area contributed by atoms with E-state index in [1.54, 1.807) is 19.3 Å². The van der Waals surface area contributed by atoms with E-state index >= 15 is 0 Å². The second-order valence-electron chi connectivity index (χ2n) is 4.26. The number of halogens is 1. The summed E-state index contributed by atoms with van der Waals surface area (Å²) < 4.78 is 12.7. The fourth-order valence-corrected chi connectivity index (χ4v) is 2.57. The van der Waals surface area contributed by atoms with E-state index in [1.165, 1.54) is 11.3 Å². The average Bonchev–Trinajstić information content (AvgIpc) is 2.95. The fraction of sp³-hybridized carbons (Fsp3) is 0.231. The maximum Gasteiger partial charge on any atom is 0.289 e. The number of aryl methyl sites for hydroxylation is 1. The molecule has 0 unspecified atom stereocenters. The number of pyridine rings is 1. The van der Waals surface area contributed by atoms with Crippen LogP contribution in [0.1, 0.15) is 21.8 Å². The van der Waals surface area contributed by atoms with Crippen molar-refractivity contribution >= 4 is 23.0 Å². The quantitative estimate of drug-likeness (QED) is 0.846. The maximum absolute atomic E-state index is 12.7. The van der Waals surface area contributed by atoms with Crippen LogP contribution in [-0.4, -0.2) is 27.8 Å². The number of alkyl halides is 1. The standard InChI is InChI=1S/C13H10FN3OS/c1-7-11(12(18)17-10-5-9(10)14)19-13(16-7)8-3-2-4-15-6-8/h2-4,6,9H,5H2,1H3/t9-/m0/s1. The van der Waals surface area contributed by atoms with E-state index in [-0.39, 0.29) is 6.42 Å². The van der Waals surface area contributed by atoms with Crippen LogP contribution in [0.25, 0.3) is 10.6 Å². The molecule has 96 valence electrons. The Balaban J connectivity index is 1.92. The first-order valence-electron chi connectivity index (χ1n) is 5.79. The van der Waals surface area contributed by atoms with Crippen molar-refractivity contribution in [3.63, 3.8) is 0 Å². The number of aliphatic imine (C=N–C) groups is 1. The van der Waals surface area contributed by atoms with Crippen molar-refractivity contribution in [2.75, 3.05) is 0 Å². The predicted molar refractivity (Wildman–Crippen MR) is 71.4 cm³/mol. The molecule has 0 aromatic carbocycles. The zero-order valence-electron chi connectivity index (χ0n) is 10.1. The highest BCUT2D eigenvalue weighted by atomic mass is 32.1. The molecule has 0 saturated heterocycles. The Kier molecular flexibility index (Phi) is 2.94. The summed E-state index contributed by atoms with van der Waals surface area (Å²) in [6.07, 6.45) is 2.61. The van der Waals surface area contributed by atoms with E-state index in [0.717, 1.165) is 10.6 Å². The molecular weight excluding hydrogens is 265 g/mol. The number of thiazole rings is 1. The van der Waals surface area contributed by atoms with Crippen LogP contribution in [0, 0.1) is 6.92 Å². The lowest BCUT2D eigenvalue weighted by Crippen LogP contribution is -1.95. The second-order valence-corrected chi connectivity index (χ2v) is 5.25. The van der Waals surface area contributed by atoms with Gasteiger partial charge in [0.2, 0.25) is 0 Å². The van der Waals surface area contributed by atoms with Gasteiger partial charge in [0.1, 0.15) is 16.1 Å². The minimum Gasteiger partial charge on any atom is -0.266 e. The lowest BCUT2D eigenvalue weighted by molar-refractivity contribution is 0.101. The van der Waals surface area contributed by atoms with Gasteiger partial charge in [0.15, 0.2) is 0 Å². The molecule has 2 aromatic rings. The van der Waals surface area contributed by atoms with Crippen molar-refractivity contribution < 1.29 is 9.18 Å². The molecule has 3 rings (SSSR count). The van der Waals surface area contributed by atoms with E-state index in [2.05, 4.69) is 15.0 Å². The minimum atomic E-state index is -1.03. The van der Waals surface area contributed by atoms with E-state index in [1.807, 2.05) is 12.1 Å². The third-order valence-electron chi connectivity index (χ3n) is 2.73. The smallest absolute Gasteiger partial charge is 0.266 e. The highest BCUT2D eigenvalue weighted by Crippen LogP contribution is 2.29. The highest BCUT2D eigenvalue weighted by molar-refractivity contribution is 7.17. The van der Waals surface area contributed by atoms with Gasteiger partial charge < -0.3 is 0 Å². The number of hydrogen-bond donors (Lipinski definition) is 0. The molecule has 6 heteroatoms. The number of amides is 1. The summed E-state index contributed by atoms with van der Waals surface area (Å²) in [7, 11) is 0. The normalized spacial score (nSPS) is 19.7. The van der Waals surface area contributed by atoms with Gasteiger partial charge in [0, 0.05) is 24.4 Å². The number of carbonyl (C=O) groups is 1. The Bertz CT molecular complexity index is 666. The summed E-state index contributed by atoms with van der Waals surface area (Å²) in [5.74, 6) is -0.403. The van der Waals surface area contributed by atoms with Gasteiger partial charge in [-0.15, -0.1) is 11.3 Å². The molecule has 0 aliphatic heterocycles. The van der Waals surface area contributed by atoms with E-state index in [4.69, 9.17) is 0 Å². The average molecular weight is 275 g/mol. The van der Waals surface area contributed by atoms with Crippen molar-refractivity contribution in [3.05, 3.63) is 35.1 Å². The van der Waals surface area contributed by atoms with Gasteiger partial charge in [0.05, 0.1) is 11.4 Å². The lowest BCUT2D eigenvalue weighted by atomic mass is 10.3. The summed E-state index contributed by atoms with van der Waals surface area (Å²) >= 11 is 1.26. The van der Waals surface area contributed by atoms with Crippen LogP contribution in [0.2, 0.25) is 0 Å². The first kappa shape index (κ1) is 12.1. The van der Waals surface area contributed by atoms with Gasteiger partial charge in [-0.25, -0.2) is 14.4 Å². The van der Waals surface area contributed by atoms with Gasteiger partial charge in [-0.05, 0) is 19.1 Å². The van der Waals surface area contributed by atoms with Gasteiger partial charge in [-0.1, -0.05) is 0 Å². The van der Waals surface area contributed by atoms with E-state index in [9.17, 15) is 9.18 Å². The Hall–Kier alpha value is -1.95. The summed E-state index contributed by atoms with van der Waals surface area (Å²) in [5.41, 5.74) is 1.81. The van der Waals surface area contributed by atoms with E-state index in [0.29, 0.717) is 16.3 Å². The number of rotatable bonds is 2. The SMILES string of the molecule is Cc1nc(-c2cccnc2)sc1C(=O)N=C1C[C@@H]1F. The lowest BCUT2D eigenvalue weighted by Gasteiger charge is -1.92. The Morgan fingerprint density at radius 1 is 1.58 bits per heavy atom. The number of hydrogen-bond acceptors (Lipinski definition) is 4. The molecule has 1 aliphatic carbocycles. The third kappa shape index (κ3) is 2.44.